The number of hydrogen-bond acceptors (Lipinski definition) is 3. The van der Waals surface area contributed by atoms with Crippen molar-refractivity contribution in [1.29, 1.82) is 0 Å². The highest BCUT2D eigenvalue weighted by Gasteiger charge is 2.43. The van der Waals surface area contributed by atoms with Crippen LogP contribution in [0.15, 0.2) is 6.07 Å². The number of hydrogen-bond donors (Lipinski definition) is 1. The standard InChI is InChI=1S/C14H18F3NOS/c1-9-7-13(3-4-18-9)12-10(2-5-19-13)6-11(20-12)8-14(15,16)17/h6,9,18H,2-5,7-8H2,1H3/t9-,13+/m0/s1. The van der Waals surface area contributed by atoms with Crippen LogP contribution in [0.25, 0.3) is 0 Å². The Balaban J connectivity index is 1.92. The summed E-state index contributed by atoms with van der Waals surface area (Å²) in [5.74, 6) is 0. The quantitative estimate of drug-likeness (QED) is 0.859. The van der Waals surface area contributed by atoms with Gasteiger partial charge in [0.1, 0.15) is 5.60 Å². The normalized spacial score (nSPS) is 30.5. The maximum absolute atomic E-state index is 12.6. The van der Waals surface area contributed by atoms with E-state index in [1.54, 1.807) is 6.07 Å². The third-order valence-electron chi connectivity index (χ3n) is 4.06. The number of alkyl halides is 3. The number of ether oxygens (including phenoxy) is 1. The second-order valence-corrected chi connectivity index (χ2v) is 6.90. The lowest BCUT2D eigenvalue weighted by atomic mass is 9.83. The van der Waals surface area contributed by atoms with Crippen molar-refractivity contribution in [3.63, 3.8) is 0 Å². The molecule has 0 bridgehead atoms. The van der Waals surface area contributed by atoms with Crippen LogP contribution < -0.4 is 5.32 Å². The topological polar surface area (TPSA) is 21.3 Å². The predicted molar refractivity (Wildman–Crippen MR) is 72.1 cm³/mol. The third kappa shape index (κ3) is 2.73. The minimum Gasteiger partial charge on any atom is -0.369 e. The molecule has 1 saturated heterocycles. The lowest BCUT2D eigenvalue weighted by Gasteiger charge is -2.42. The zero-order valence-corrected chi connectivity index (χ0v) is 12.2. The lowest BCUT2D eigenvalue weighted by Crippen LogP contribution is -2.48. The maximum Gasteiger partial charge on any atom is 0.393 e. The summed E-state index contributed by atoms with van der Waals surface area (Å²) < 4.78 is 43.7. The molecule has 1 spiro atoms. The molecule has 1 aromatic heterocycles. The minimum absolute atomic E-state index is 0.336. The van der Waals surface area contributed by atoms with E-state index in [1.807, 2.05) is 0 Å². The van der Waals surface area contributed by atoms with E-state index in [0.717, 1.165) is 36.2 Å². The Kier molecular flexibility index (Phi) is 3.59. The van der Waals surface area contributed by atoms with E-state index in [2.05, 4.69) is 12.2 Å². The summed E-state index contributed by atoms with van der Waals surface area (Å²) >= 11 is 1.30. The smallest absolute Gasteiger partial charge is 0.369 e. The Labute approximate surface area is 120 Å². The second kappa shape index (κ2) is 5.00. The van der Waals surface area contributed by atoms with E-state index in [9.17, 15) is 13.2 Å². The van der Waals surface area contributed by atoms with E-state index in [1.165, 1.54) is 11.3 Å². The van der Waals surface area contributed by atoms with Gasteiger partial charge in [0, 0.05) is 15.8 Å². The van der Waals surface area contributed by atoms with Gasteiger partial charge in [-0.1, -0.05) is 0 Å². The van der Waals surface area contributed by atoms with E-state index in [0.29, 0.717) is 17.5 Å². The van der Waals surface area contributed by atoms with E-state index in [-0.39, 0.29) is 5.60 Å². The fraction of sp³-hybridized carbons (Fsp3) is 0.714. The van der Waals surface area contributed by atoms with Gasteiger partial charge in [-0.2, -0.15) is 13.2 Å². The van der Waals surface area contributed by atoms with Gasteiger partial charge in [-0.3, -0.25) is 0 Å². The summed E-state index contributed by atoms with van der Waals surface area (Å²) in [5.41, 5.74) is 0.710. The lowest BCUT2D eigenvalue weighted by molar-refractivity contribution is -0.126. The van der Waals surface area contributed by atoms with Crippen molar-refractivity contribution < 1.29 is 17.9 Å². The van der Waals surface area contributed by atoms with Crippen LogP contribution in [0.3, 0.4) is 0 Å². The first-order valence-electron chi connectivity index (χ1n) is 6.94. The molecule has 0 unspecified atom stereocenters. The summed E-state index contributed by atoms with van der Waals surface area (Å²) in [6, 6.07) is 2.08. The minimum atomic E-state index is -4.14. The first-order valence-corrected chi connectivity index (χ1v) is 7.76. The molecule has 0 aliphatic carbocycles. The number of halogens is 3. The summed E-state index contributed by atoms with van der Waals surface area (Å²) in [7, 11) is 0. The van der Waals surface area contributed by atoms with Crippen molar-refractivity contribution in [3.05, 3.63) is 21.4 Å². The summed E-state index contributed by atoms with van der Waals surface area (Å²) in [6.45, 7) is 3.57. The molecule has 0 aromatic carbocycles. The predicted octanol–water partition coefficient (Wildman–Crippen LogP) is 3.39. The van der Waals surface area contributed by atoms with Gasteiger partial charge in [-0.05, 0) is 44.4 Å². The van der Waals surface area contributed by atoms with E-state index >= 15 is 0 Å². The van der Waals surface area contributed by atoms with Crippen LogP contribution in [0.5, 0.6) is 0 Å². The van der Waals surface area contributed by atoms with Crippen LogP contribution in [-0.2, 0) is 23.2 Å². The molecule has 0 amide bonds. The maximum atomic E-state index is 12.6. The highest BCUT2D eigenvalue weighted by Crippen LogP contribution is 2.46. The van der Waals surface area contributed by atoms with Gasteiger partial charge in [0.15, 0.2) is 0 Å². The summed E-state index contributed by atoms with van der Waals surface area (Å²) in [5, 5.41) is 3.37. The molecule has 2 nitrogen and oxygen atoms in total. The Morgan fingerprint density at radius 2 is 2.30 bits per heavy atom. The van der Waals surface area contributed by atoms with Gasteiger partial charge in [-0.15, -0.1) is 11.3 Å². The number of rotatable bonds is 1. The first-order chi connectivity index (χ1) is 9.38. The zero-order valence-electron chi connectivity index (χ0n) is 11.3. The number of nitrogens with one attached hydrogen (secondary N) is 1. The molecular weight excluding hydrogens is 287 g/mol. The monoisotopic (exact) mass is 305 g/mol. The van der Waals surface area contributed by atoms with E-state index < -0.39 is 12.6 Å². The second-order valence-electron chi connectivity index (χ2n) is 5.76. The highest BCUT2D eigenvalue weighted by atomic mass is 32.1. The molecule has 2 aliphatic rings. The van der Waals surface area contributed by atoms with Crippen LogP contribution in [0.2, 0.25) is 0 Å². The van der Waals surface area contributed by atoms with Crippen molar-refractivity contribution >= 4 is 11.3 Å². The molecule has 20 heavy (non-hydrogen) atoms. The molecule has 1 fully saturated rings. The van der Waals surface area contributed by atoms with Gasteiger partial charge in [-0.25, -0.2) is 0 Å². The molecule has 3 heterocycles. The van der Waals surface area contributed by atoms with Crippen molar-refractivity contribution in [1.82, 2.24) is 5.32 Å². The SMILES string of the molecule is C[C@H]1C[C@@]2(CCN1)OCCc1cc(CC(F)(F)F)sc12. The molecule has 1 aromatic rings. The number of thiophene rings is 1. The zero-order chi connectivity index (χ0) is 14.4. The molecule has 1 N–H and O–H groups in total. The Hall–Kier alpha value is -0.590. The fourth-order valence-electron chi connectivity index (χ4n) is 3.29. The average Bonchev–Trinajstić information content (AvgIpc) is 2.70. The summed E-state index contributed by atoms with van der Waals surface area (Å²) in [6.07, 6.45) is -2.55. The van der Waals surface area contributed by atoms with Gasteiger partial charge in [0.25, 0.3) is 0 Å². The Bertz CT molecular complexity index is 499. The van der Waals surface area contributed by atoms with Crippen LogP contribution in [-0.4, -0.2) is 25.4 Å². The molecule has 2 aliphatic heterocycles. The molecule has 0 radical (unpaired) electrons. The van der Waals surface area contributed by atoms with Crippen LogP contribution in [0.4, 0.5) is 13.2 Å². The third-order valence-corrected chi connectivity index (χ3v) is 5.42. The van der Waals surface area contributed by atoms with Gasteiger partial charge in [0.05, 0.1) is 13.0 Å². The van der Waals surface area contributed by atoms with Crippen LogP contribution in [0.1, 0.15) is 35.1 Å². The summed E-state index contributed by atoms with van der Waals surface area (Å²) in [4.78, 5) is 1.45. The fourth-order valence-corrected chi connectivity index (χ4v) is 4.71. The van der Waals surface area contributed by atoms with Crippen LogP contribution >= 0.6 is 11.3 Å². The molecule has 112 valence electrons. The highest BCUT2D eigenvalue weighted by molar-refractivity contribution is 7.12. The van der Waals surface area contributed by atoms with Crippen molar-refractivity contribution in [2.45, 2.75) is 50.4 Å². The molecular formula is C14H18F3NOS. The van der Waals surface area contributed by atoms with E-state index in [4.69, 9.17) is 4.74 Å². The first kappa shape index (κ1) is 14.4. The molecule has 3 rings (SSSR count). The van der Waals surface area contributed by atoms with Crippen molar-refractivity contribution in [2.75, 3.05) is 13.2 Å². The van der Waals surface area contributed by atoms with Crippen molar-refractivity contribution in [3.8, 4) is 0 Å². The number of piperidine rings is 1. The van der Waals surface area contributed by atoms with Gasteiger partial charge < -0.3 is 10.1 Å². The Morgan fingerprint density at radius 1 is 1.50 bits per heavy atom. The molecule has 2 atom stereocenters. The van der Waals surface area contributed by atoms with Crippen LogP contribution in [0, 0.1) is 0 Å². The average molecular weight is 305 g/mol. The van der Waals surface area contributed by atoms with Crippen molar-refractivity contribution in [2.24, 2.45) is 0 Å². The van der Waals surface area contributed by atoms with Gasteiger partial charge >= 0.3 is 6.18 Å². The molecule has 6 heteroatoms. The molecule has 0 saturated carbocycles. The number of fused-ring (bicyclic) bond motifs is 2. The Morgan fingerprint density at radius 3 is 3.00 bits per heavy atom. The largest absolute Gasteiger partial charge is 0.393 e. The van der Waals surface area contributed by atoms with Gasteiger partial charge in [0.2, 0.25) is 0 Å².